The predicted molar refractivity (Wildman–Crippen MR) is 71.1 cm³/mol. The van der Waals surface area contributed by atoms with Crippen LogP contribution in [0.2, 0.25) is 0 Å². The molecule has 0 bridgehead atoms. The van der Waals surface area contributed by atoms with Gasteiger partial charge in [0.2, 0.25) is 0 Å². The average Bonchev–Trinajstić information content (AvgIpc) is 3.19. The lowest BCUT2D eigenvalue weighted by atomic mass is 9.90. The molecule has 122 valence electrons. The molecule has 2 fully saturated rings. The highest BCUT2D eigenvalue weighted by molar-refractivity contribution is 5.85. The maximum Gasteiger partial charge on any atom is 0.352 e. The van der Waals surface area contributed by atoms with E-state index in [1.807, 2.05) is 0 Å². The number of tetrazole rings is 1. The molecule has 0 unspecified atom stereocenters. The Bertz CT molecular complexity index is 523. The zero-order chi connectivity index (χ0) is 15.8. The van der Waals surface area contributed by atoms with Crippen molar-refractivity contribution in [2.24, 2.45) is 0 Å². The molecule has 0 spiro atoms. The van der Waals surface area contributed by atoms with Crippen LogP contribution in [-0.2, 0) is 4.79 Å². The first-order chi connectivity index (χ1) is 10.4. The van der Waals surface area contributed by atoms with E-state index in [0.717, 1.165) is 4.90 Å². The number of rotatable bonds is 3. The predicted octanol–water partition coefficient (Wildman–Crippen LogP) is 0.846. The molecule has 9 heteroatoms. The second-order valence-electron chi connectivity index (χ2n) is 6.15. The number of hydrogen-bond acceptors (Lipinski definition) is 5. The zero-order valence-electron chi connectivity index (χ0n) is 12.1. The van der Waals surface area contributed by atoms with Gasteiger partial charge in [0.1, 0.15) is 5.60 Å². The number of aromatic amines is 1. The lowest BCUT2D eigenvalue weighted by molar-refractivity contribution is -0.201. The van der Waals surface area contributed by atoms with Crippen molar-refractivity contribution in [2.45, 2.75) is 56.0 Å². The van der Waals surface area contributed by atoms with E-state index in [9.17, 15) is 18.7 Å². The molecule has 2 aliphatic rings. The van der Waals surface area contributed by atoms with E-state index in [2.05, 4.69) is 20.6 Å². The van der Waals surface area contributed by atoms with Gasteiger partial charge >= 0.3 is 5.92 Å². The molecule has 0 atom stereocenters. The molecule has 1 aromatic heterocycles. The maximum atomic E-state index is 14.4. The van der Waals surface area contributed by atoms with Gasteiger partial charge in [-0.2, -0.15) is 14.0 Å². The van der Waals surface area contributed by atoms with Gasteiger partial charge in [0.25, 0.3) is 5.91 Å². The van der Waals surface area contributed by atoms with Crippen LogP contribution >= 0.6 is 0 Å². The minimum Gasteiger partial charge on any atom is -0.383 e. The van der Waals surface area contributed by atoms with Gasteiger partial charge in [0.15, 0.2) is 5.82 Å². The smallest absolute Gasteiger partial charge is 0.352 e. The molecule has 2 heterocycles. The number of carbonyl (C=O) groups excluding carboxylic acids is 1. The van der Waals surface area contributed by atoms with Crippen molar-refractivity contribution < 1.29 is 18.7 Å². The number of H-pyrrole nitrogens is 1. The van der Waals surface area contributed by atoms with Gasteiger partial charge in [-0.3, -0.25) is 4.79 Å². The highest BCUT2D eigenvalue weighted by Crippen LogP contribution is 2.43. The minimum absolute atomic E-state index is 0.0194. The van der Waals surface area contributed by atoms with Crippen LogP contribution in [0, 0.1) is 0 Å². The van der Waals surface area contributed by atoms with Gasteiger partial charge in [-0.1, -0.05) is 18.1 Å². The summed E-state index contributed by atoms with van der Waals surface area (Å²) in [5.41, 5.74) is -2.19. The molecule has 2 N–H and O–H groups in total. The first-order valence-corrected chi connectivity index (χ1v) is 7.57. The number of likely N-dealkylation sites (tertiary alicyclic amines) is 1. The van der Waals surface area contributed by atoms with E-state index in [-0.39, 0.29) is 31.8 Å². The average molecular weight is 315 g/mol. The van der Waals surface area contributed by atoms with Gasteiger partial charge in [-0.15, -0.1) is 10.2 Å². The van der Waals surface area contributed by atoms with E-state index in [4.69, 9.17) is 0 Å². The first-order valence-electron chi connectivity index (χ1n) is 7.57. The van der Waals surface area contributed by atoms with Crippen molar-refractivity contribution in [2.75, 3.05) is 13.1 Å². The summed E-state index contributed by atoms with van der Waals surface area (Å²) < 4.78 is 28.8. The lowest BCUT2D eigenvalue weighted by Gasteiger charge is -2.37. The van der Waals surface area contributed by atoms with Crippen LogP contribution in [0.15, 0.2) is 0 Å². The third-order valence-electron chi connectivity index (χ3n) is 4.79. The summed E-state index contributed by atoms with van der Waals surface area (Å²) in [6.07, 6.45) is 2.04. The number of aromatic nitrogens is 4. The quantitative estimate of drug-likeness (QED) is 0.862. The Morgan fingerprint density at radius 2 is 1.95 bits per heavy atom. The van der Waals surface area contributed by atoms with Crippen LogP contribution in [0.1, 0.15) is 50.3 Å². The van der Waals surface area contributed by atoms with E-state index in [1.165, 1.54) is 0 Å². The van der Waals surface area contributed by atoms with Crippen LogP contribution in [0.4, 0.5) is 8.78 Å². The molecule has 1 aromatic rings. The maximum absolute atomic E-state index is 14.4. The van der Waals surface area contributed by atoms with Crippen molar-refractivity contribution in [1.82, 2.24) is 25.5 Å². The minimum atomic E-state index is -3.72. The summed E-state index contributed by atoms with van der Waals surface area (Å²) in [5, 5.41) is 23.7. The summed E-state index contributed by atoms with van der Waals surface area (Å²) in [6, 6.07) is 0. The van der Waals surface area contributed by atoms with Crippen LogP contribution < -0.4 is 0 Å². The Morgan fingerprint density at radius 1 is 1.32 bits per heavy atom. The Hall–Kier alpha value is -1.64. The van der Waals surface area contributed by atoms with E-state index in [0.29, 0.717) is 31.5 Å². The third-order valence-corrected chi connectivity index (χ3v) is 4.79. The standard InChI is InChI=1S/C13H19F2N5O2/c14-13(15,12(22)5-1-2-6-12)11(21)20-7-3-9(4-8-20)10-16-18-19-17-10/h9,22H,1-8H2,(H,16,17,18,19). The van der Waals surface area contributed by atoms with Crippen molar-refractivity contribution in [3.63, 3.8) is 0 Å². The molecule has 1 amide bonds. The highest BCUT2D eigenvalue weighted by atomic mass is 19.3. The molecular weight excluding hydrogens is 296 g/mol. The number of halogens is 2. The number of piperidine rings is 1. The van der Waals surface area contributed by atoms with Crippen LogP contribution in [0.3, 0.4) is 0 Å². The fraction of sp³-hybridized carbons (Fsp3) is 0.846. The summed E-state index contributed by atoms with van der Waals surface area (Å²) in [5.74, 6) is -4.41. The fourth-order valence-electron chi connectivity index (χ4n) is 3.35. The molecular formula is C13H19F2N5O2. The van der Waals surface area contributed by atoms with Gasteiger partial charge in [-0.05, 0) is 25.7 Å². The normalized spacial score (nSPS) is 23.0. The topological polar surface area (TPSA) is 95.0 Å². The third kappa shape index (κ3) is 2.47. The molecule has 1 aliphatic heterocycles. The zero-order valence-corrected chi connectivity index (χ0v) is 12.1. The van der Waals surface area contributed by atoms with Crippen molar-refractivity contribution >= 4 is 5.91 Å². The fourth-order valence-corrected chi connectivity index (χ4v) is 3.35. The van der Waals surface area contributed by atoms with Crippen molar-refractivity contribution in [3.8, 4) is 0 Å². The molecule has 0 aromatic carbocycles. The number of amides is 1. The van der Waals surface area contributed by atoms with Crippen LogP contribution in [0.5, 0.6) is 0 Å². The van der Waals surface area contributed by atoms with E-state index < -0.39 is 17.4 Å². The number of alkyl halides is 2. The molecule has 1 saturated carbocycles. The monoisotopic (exact) mass is 315 g/mol. The Labute approximate surface area is 126 Å². The highest BCUT2D eigenvalue weighted by Gasteiger charge is 2.60. The lowest BCUT2D eigenvalue weighted by Crippen LogP contribution is -2.58. The molecule has 7 nitrogen and oxygen atoms in total. The van der Waals surface area contributed by atoms with E-state index >= 15 is 0 Å². The Kier molecular flexibility index (Phi) is 3.84. The van der Waals surface area contributed by atoms with Gasteiger partial charge in [-0.25, -0.2) is 0 Å². The SMILES string of the molecule is O=C(N1CCC(c2nn[nH]n2)CC1)C(F)(F)C1(O)CCCC1. The van der Waals surface area contributed by atoms with E-state index in [1.54, 1.807) is 0 Å². The Morgan fingerprint density at radius 3 is 2.50 bits per heavy atom. The molecule has 3 rings (SSSR count). The second kappa shape index (κ2) is 5.53. The van der Waals surface area contributed by atoms with Crippen molar-refractivity contribution in [1.29, 1.82) is 0 Å². The van der Waals surface area contributed by atoms with Crippen LogP contribution in [-0.4, -0.2) is 61.2 Å². The second-order valence-corrected chi connectivity index (χ2v) is 6.15. The summed E-state index contributed by atoms with van der Waals surface area (Å²) in [7, 11) is 0. The number of nitrogens with one attached hydrogen (secondary N) is 1. The number of hydrogen-bond donors (Lipinski definition) is 2. The number of carbonyl (C=O) groups is 1. The molecule has 1 aliphatic carbocycles. The van der Waals surface area contributed by atoms with Gasteiger partial charge < -0.3 is 10.0 Å². The summed E-state index contributed by atoms with van der Waals surface area (Å²) >= 11 is 0. The van der Waals surface area contributed by atoms with Gasteiger partial charge in [0, 0.05) is 19.0 Å². The molecule has 1 saturated heterocycles. The van der Waals surface area contributed by atoms with Crippen molar-refractivity contribution in [3.05, 3.63) is 5.82 Å². The summed E-state index contributed by atoms with van der Waals surface area (Å²) in [4.78, 5) is 13.3. The largest absolute Gasteiger partial charge is 0.383 e. The molecule has 22 heavy (non-hydrogen) atoms. The Balaban J connectivity index is 1.64. The van der Waals surface area contributed by atoms with Gasteiger partial charge in [0.05, 0.1) is 0 Å². The molecule has 0 radical (unpaired) electrons. The first kappa shape index (κ1) is 15.3. The summed E-state index contributed by atoms with van der Waals surface area (Å²) in [6.45, 7) is 0.424. The number of aliphatic hydroxyl groups is 1. The number of nitrogens with zero attached hydrogens (tertiary/aromatic N) is 4. The van der Waals surface area contributed by atoms with Crippen LogP contribution in [0.25, 0.3) is 0 Å².